The van der Waals surface area contributed by atoms with Crippen molar-refractivity contribution in [2.45, 2.75) is 0 Å². The van der Waals surface area contributed by atoms with Crippen LogP contribution in [-0.4, -0.2) is 35.5 Å². The number of urea groups is 1. The molecule has 3 nitrogen and oxygen atoms in total. The predicted octanol–water partition coefficient (Wildman–Crippen LogP) is 0.536. The van der Waals surface area contributed by atoms with E-state index in [2.05, 4.69) is 0 Å². The summed E-state index contributed by atoms with van der Waals surface area (Å²) in [7, 11) is 0. The average molecular weight is 183 g/mol. The van der Waals surface area contributed by atoms with Crippen LogP contribution in [0.5, 0.6) is 0 Å². The van der Waals surface area contributed by atoms with Crippen molar-refractivity contribution in [3.8, 4) is 0 Å². The van der Waals surface area contributed by atoms with Crippen molar-refractivity contribution in [2.24, 2.45) is 5.73 Å². The summed E-state index contributed by atoms with van der Waals surface area (Å²) < 4.78 is 0. The maximum Gasteiger partial charge on any atom is 0.314 e. The second kappa shape index (κ2) is 4.68. The molecule has 1 aliphatic rings. The molecule has 0 aromatic carbocycles. The van der Waals surface area contributed by atoms with Gasteiger partial charge in [0, 0.05) is 24.6 Å². The highest BCUT2D eigenvalue weighted by atomic mass is 35.5. The monoisotopic (exact) mass is 182 g/mol. The summed E-state index contributed by atoms with van der Waals surface area (Å²) in [6.07, 6.45) is 0. The van der Waals surface area contributed by atoms with Crippen molar-refractivity contribution in [3.63, 3.8) is 0 Å². The van der Waals surface area contributed by atoms with Gasteiger partial charge in [-0.25, -0.2) is 4.79 Å². The Morgan fingerprint density at radius 3 is 2.20 bits per heavy atom. The van der Waals surface area contributed by atoms with Crippen molar-refractivity contribution in [1.29, 1.82) is 0 Å². The normalized spacial score (nSPS) is 17.8. The number of primary amides is 1. The van der Waals surface area contributed by atoms with Gasteiger partial charge < -0.3 is 10.6 Å². The molecule has 1 fully saturated rings. The Kier molecular flexibility index (Phi) is 4.64. The molecule has 5 heteroatoms. The van der Waals surface area contributed by atoms with Crippen LogP contribution in [0.2, 0.25) is 0 Å². The molecule has 1 saturated heterocycles. The van der Waals surface area contributed by atoms with Gasteiger partial charge in [0.25, 0.3) is 0 Å². The van der Waals surface area contributed by atoms with E-state index in [4.69, 9.17) is 5.73 Å². The SMILES string of the molecule is Cl.NC(=O)N1CCSCC1. The van der Waals surface area contributed by atoms with Crippen LogP contribution in [0, 0.1) is 0 Å². The van der Waals surface area contributed by atoms with Gasteiger partial charge in [-0.3, -0.25) is 0 Å². The third kappa shape index (κ3) is 2.66. The fourth-order valence-corrected chi connectivity index (χ4v) is 1.69. The van der Waals surface area contributed by atoms with E-state index in [0.717, 1.165) is 24.6 Å². The lowest BCUT2D eigenvalue weighted by Crippen LogP contribution is -2.41. The van der Waals surface area contributed by atoms with Crippen molar-refractivity contribution in [1.82, 2.24) is 4.90 Å². The van der Waals surface area contributed by atoms with Gasteiger partial charge >= 0.3 is 6.03 Å². The van der Waals surface area contributed by atoms with Gasteiger partial charge in [-0.1, -0.05) is 0 Å². The van der Waals surface area contributed by atoms with Crippen molar-refractivity contribution in [3.05, 3.63) is 0 Å². The van der Waals surface area contributed by atoms with E-state index in [1.54, 1.807) is 4.90 Å². The third-order valence-electron chi connectivity index (χ3n) is 1.32. The first-order chi connectivity index (χ1) is 4.30. The lowest BCUT2D eigenvalue weighted by atomic mass is 10.5. The molecule has 60 valence electrons. The number of carbonyl (C=O) groups is 1. The molecule has 10 heavy (non-hydrogen) atoms. The van der Waals surface area contributed by atoms with Crippen molar-refractivity contribution in [2.75, 3.05) is 24.6 Å². The summed E-state index contributed by atoms with van der Waals surface area (Å²) in [5.41, 5.74) is 5.04. The number of hydrogen-bond donors (Lipinski definition) is 1. The molecule has 2 N–H and O–H groups in total. The van der Waals surface area contributed by atoms with Gasteiger partial charge in [0.1, 0.15) is 0 Å². The molecule has 0 atom stereocenters. The average Bonchev–Trinajstić information content (AvgIpc) is 1.90. The summed E-state index contributed by atoms with van der Waals surface area (Å²) in [6.45, 7) is 1.64. The summed E-state index contributed by atoms with van der Waals surface area (Å²) >= 11 is 1.87. The second-order valence-corrected chi connectivity index (χ2v) is 3.16. The second-order valence-electron chi connectivity index (χ2n) is 1.94. The Hall–Kier alpha value is -0.0900. The zero-order valence-electron chi connectivity index (χ0n) is 5.58. The molecule has 2 amide bonds. The first kappa shape index (κ1) is 9.91. The number of thioether (sulfide) groups is 1. The molecule has 1 heterocycles. The Morgan fingerprint density at radius 1 is 1.40 bits per heavy atom. The molecule has 0 spiro atoms. The minimum atomic E-state index is -0.282. The van der Waals surface area contributed by atoms with Crippen LogP contribution in [0.3, 0.4) is 0 Å². The zero-order chi connectivity index (χ0) is 6.69. The van der Waals surface area contributed by atoms with Gasteiger partial charge in [-0.05, 0) is 0 Å². The Balaban J connectivity index is 0.000000810. The maximum atomic E-state index is 10.5. The fourth-order valence-electron chi connectivity index (χ4n) is 0.784. The first-order valence-electron chi connectivity index (χ1n) is 2.93. The topological polar surface area (TPSA) is 46.3 Å². The molecule has 1 rings (SSSR count). The molecule has 1 aliphatic heterocycles. The Bertz CT molecular complexity index is 116. The molecule has 0 radical (unpaired) electrons. The maximum absolute atomic E-state index is 10.5. The number of halogens is 1. The van der Waals surface area contributed by atoms with Crippen LogP contribution >= 0.6 is 24.2 Å². The third-order valence-corrected chi connectivity index (χ3v) is 2.27. The number of nitrogens with two attached hydrogens (primary N) is 1. The highest BCUT2D eigenvalue weighted by molar-refractivity contribution is 7.99. The minimum absolute atomic E-state index is 0. The standard InChI is InChI=1S/C5H10N2OS.ClH/c6-5(8)7-1-3-9-4-2-7;/h1-4H2,(H2,6,8);1H. The zero-order valence-corrected chi connectivity index (χ0v) is 7.21. The quantitative estimate of drug-likeness (QED) is 0.595. The summed E-state index contributed by atoms with van der Waals surface area (Å²) in [6, 6.07) is -0.282. The van der Waals surface area contributed by atoms with Crippen LogP contribution in [-0.2, 0) is 0 Å². The van der Waals surface area contributed by atoms with E-state index in [1.165, 1.54) is 0 Å². The molecule has 0 aromatic heterocycles. The smallest absolute Gasteiger partial charge is 0.314 e. The van der Waals surface area contributed by atoms with Crippen LogP contribution in [0.25, 0.3) is 0 Å². The predicted molar refractivity (Wildman–Crippen MR) is 45.7 cm³/mol. The number of hydrogen-bond acceptors (Lipinski definition) is 2. The lowest BCUT2D eigenvalue weighted by Gasteiger charge is -2.23. The summed E-state index contributed by atoms with van der Waals surface area (Å²) in [5, 5.41) is 0. The van der Waals surface area contributed by atoms with Crippen LogP contribution < -0.4 is 5.73 Å². The Morgan fingerprint density at radius 2 is 1.90 bits per heavy atom. The largest absolute Gasteiger partial charge is 0.351 e. The molecule has 0 aliphatic carbocycles. The van der Waals surface area contributed by atoms with Crippen molar-refractivity contribution < 1.29 is 4.79 Å². The van der Waals surface area contributed by atoms with E-state index < -0.39 is 0 Å². The van der Waals surface area contributed by atoms with E-state index in [9.17, 15) is 4.79 Å². The highest BCUT2D eigenvalue weighted by Crippen LogP contribution is 2.07. The van der Waals surface area contributed by atoms with Gasteiger partial charge in [0.05, 0.1) is 0 Å². The molecule has 0 bridgehead atoms. The van der Waals surface area contributed by atoms with E-state index in [0.29, 0.717) is 0 Å². The highest BCUT2D eigenvalue weighted by Gasteiger charge is 2.12. The number of nitrogens with zero attached hydrogens (tertiary/aromatic N) is 1. The van der Waals surface area contributed by atoms with E-state index in [1.807, 2.05) is 11.8 Å². The molecule has 0 aromatic rings. The van der Waals surface area contributed by atoms with Crippen LogP contribution in [0.1, 0.15) is 0 Å². The van der Waals surface area contributed by atoms with Crippen molar-refractivity contribution >= 4 is 30.2 Å². The summed E-state index contributed by atoms with van der Waals surface area (Å²) in [4.78, 5) is 12.2. The molecular formula is C5H11ClN2OS. The molecule has 0 saturated carbocycles. The van der Waals surface area contributed by atoms with E-state index >= 15 is 0 Å². The number of rotatable bonds is 0. The lowest BCUT2D eigenvalue weighted by molar-refractivity contribution is 0.213. The van der Waals surface area contributed by atoms with E-state index in [-0.39, 0.29) is 18.4 Å². The molecule has 0 unspecified atom stereocenters. The number of amides is 2. The Labute approximate surface area is 70.7 Å². The van der Waals surface area contributed by atoms with Gasteiger partial charge in [-0.2, -0.15) is 11.8 Å². The summed E-state index contributed by atoms with van der Waals surface area (Å²) in [5.74, 6) is 2.06. The molecular weight excluding hydrogens is 172 g/mol. The number of carbonyl (C=O) groups excluding carboxylic acids is 1. The van der Waals surface area contributed by atoms with Gasteiger partial charge in [0.15, 0.2) is 0 Å². The van der Waals surface area contributed by atoms with Crippen LogP contribution in [0.15, 0.2) is 0 Å². The minimum Gasteiger partial charge on any atom is -0.351 e. The van der Waals surface area contributed by atoms with Crippen LogP contribution in [0.4, 0.5) is 4.79 Å². The van der Waals surface area contributed by atoms with Gasteiger partial charge in [0.2, 0.25) is 0 Å². The van der Waals surface area contributed by atoms with Gasteiger partial charge in [-0.15, -0.1) is 12.4 Å². The first-order valence-corrected chi connectivity index (χ1v) is 4.08. The fraction of sp³-hybridized carbons (Fsp3) is 0.800.